The normalized spacial score (nSPS) is 16.8. The predicted molar refractivity (Wildman–Crippen MR) is 450 cm³/mol. The van der Waals surface area contributed by atoms with Gasteiger partial charge in [-0.15, -0.1) is 0 Å². The summed E-state index contributed by atoms with van der Waals surface area (Å²) in [7, 11) is -20.8. The summed E-state index contributed by atoms with van der Waals surface area (Å²) < 4.78 is 154. The summed E-state index contributed by atoms with van der Waals surface area (Å²) in [6.45, 7) is 0.0909. The molecule has 9 N–H and O–H groups in total. The minimum absolute atomic E-state index is 0.0373. The van der Waals surface area contributed by atoms with E-state index in [1.807, 2.05) is 30.3 Å². The summed E-state index contributed by atoms with van der Waals surface area (Å²) in [5, 5.41) is 14.3. The minimum Gasteiger partial charge on any atom is -0.748 e. The number of benzene rings is 4. The van der Waals surface area contributed by atoms with Crippen LogP contribution in [-0.4, -0.2) is 223 Å². The molecule has 4 unspecified atom stereocenters. The van der Waals surface area contributed by atoms with Crippen LogP contribution in [0.15, 0.2) is 101 Å². The Kier molecular flexibility index (Phi) is 35.5. The number of nitrogens with zero attached hydrogens (tertiary/aromatic N) is 11. The fourth-order valence-corrected chi connectivity index (χ4v) is 20.2. The van der Waals surface area contributed by atoms with Crippen LogP contribution in [-0.2, 0) is 93.2 Å². The molecule has 6 atom stereocenters. The molecule has 0 saturated carbocycles. The Morgan fingerprint density at radius 1 is 0.854 bits per heavy atom. The van der Waals surface area contributed by atoms with Crippen molar-refractivity contribution >= 4 is 123 Å². The third-order valence-corrected chi connectivity index (χ3v) is 27.5. The van der Waals surface area contributed by atoms with E-state index in [1.54, 1.807) is 57.8 Å². The topological polar surface area (TPSA) is 587 Å². The van der Waals surface area contributed by atoms with Crippen molar-refractivity contribution in [1.29, 1.82) is 0 Å². The third kappa shape index (κ3) is 29.6. The highest BCUT2D eigenvalue weighted by Gasteiger charge is 2.44. The zero-order valence-electron chi connectivity index (χ0n) is 66.6. The van der Waals surface area contributed by atoms with E-state index in [2.05, 4.69) is 77.7 Å². The summed E-state index contributed by atoms with van der Waals surface area (Å²) >= 11 is 0. The van der Waals surface area contributed by atoms with E-state index >= 15 is 0 Å². The van der Waals surface area contributed by atoms with Crippen molar-refractivity contribution in [2.45, 2.75) is 115 Å². The number of amides is 3. The molecule has 10 rings (SSSR count). The number of phosphoric ester groups is 1. The van der Waals surface area contributed by atoms with Crippen LogP contribution in [0.4, 0.5) is 11.4 Å². The lowest BCUT2D eigenvalue weighted by Gasteiger charge is -2.33. The second kappa shape index (κ2) is 45.3. The molecule has 2 aromatic heterocycles. The highest BCUT2D eigenvalue weighted by atomic mass is 33.1. The SMILES string of the molecule is CN(CCCC(=O)CCCSSCCC(=O)CCCNC(=O)c1cccc(OCC(N=[N+]=[N-])OCCOCC(=O)NCC#Cc2cn([C@H]3CC(OCN=[N+]=[N-])[C@@H](COP(=O)(O)OP(=O)(O)OP(=O)(O)O)O3)c3nccc(N)c23)c1)C(=O)c1ccccc1C1=c2cc3c(cc2Oc2cc4c(cc21)CCCN4CCCS(=O)(=O)O)=[N+](CCCS(=O)(=O)[O-])CCC3. The molecule has 4 aliphatic heterocycles. The zero-order valence-corrected chi connectivity index (χ0v) is 72.5. The quantitative estimate of drug-likeness (QED) is 0.00209. The average molecular weight is 1840 g/mol. The molecule has 0 bridgehead atoms. The fraction of sp³-hybridized carbons (Fsp3) is 0.480. The van der Waals surface area contributed by atoms with Crippen molar-refractivity contribution in [3.05, 3.63) is 162 Å². The van der Waals surface area contributed by atoms with Gasteiger partial charge in [0.2, 0.25) is 11.3 Å². The summed E-state index contributed by atoms with van der Waals surface area (Å²) in [5.41, 5.74) is 31.0. The van der Waals surface area contributed by atoms with Crippen LogP contribution >= 0.6 is 45.1 Å². The van der Waals surface area contributed by atoms with Gasteiger partial charge in [0, 0.05) is 168 Å². The van der Waals surface area contributed by atoms with Crippen molar-refractivity contribution in [3.8, 4) is 29.1 Å². The van der Waals surface area contributed by atoms with Crippen molar-refractivity contribution in [1.82, 2.24) is 29.7 Å². The number of fused-ring (bicyclic) bond motifs is 5. The Bertz CT molecular complexity index is 5570. The number of ether oxygens (including phenoxy) is 6. The summed E-state index contributed by atoms with van der Waals surface area (Å²) in [4.78, 5) is 117. The van der Waals surface area contributed by atoms with Crippen LogP contribution < -0.4 is 45.9 Å². The second-order valence-corrected chi connectivity index (χ2v) is 38.8. The Morgan fingerprint density at radius 3 is 2.41 bits per heavy atom. The largest absolute Gasteiger partial charge is 0.748 e. The molecule has 6 heterocycles. The first-order valence-corrected chi connectivity index (χ1v) is 49.1. The number of aromatic nitrogens is 2. The van der Waals surface area contributed by atoms with Gasteiger partial charge in [-0.05, 0) is 110 Å². The number of pyridine rings is 1. The Morgan fingerprint density at radius 2 is 1.63 bits per heavy atom. The molecule has 0 spiro atoms. The number of carbonyl (C=O) groups is 5. The Hall–Kier alpha value is -8.86. The van der Waals surface area contributed by atoms with Crippen LogP contribution in [0.2, 0.25) is 0 Å². The van der Waals surface area contributed by atoms with Crippen molar-refractivity contribution in [2.75, 3.05) is 126 Å². The molecule has 1 saturated heterocycles. The standard InChI is InChI=1S/C75H93N14O27P3S4/c1-86(75(94)58-22-3-2-21-57(58)72-59-40-50-15-7-29-87(31-11-37-122(102,103)104)62(50)42-64(59)113-65-43-63-51(41-60(65)72)16-8-30-88(63)32-12-38-123(105,106)107)28-9-18-54(90)19-10-35-120-121-36-24-55(91)17-6-26-81-74(93)52-13-4-20-56(39-52)110-48-69(83-85-78)109-34-33-108-47-68(92)79-25-5-14-53-45-89(73-71(53)61(76)23-27-80-73)70-44-66(111-49-82-84-77)67(114-70)46-112-118(98,99)116-119(100,101)115-117(95,96)97/h2-4,13,20-23,27,39-43,45,66-67,69-70H,6-12,15-19,24-26,28-38,44,46-49H2,1H3,(H9-,76,79,80,81,92,93,95,96,97,98,99,100,101,102,103,104,105,106,107)/t66?,67-,69?,70-/m1/s1. The van der Waals surface area contributed by atoms with E-state index in [-0.39, 0.29) is 111 Å². The molecule has 1 fully saturated rings. The highest BCUT2D eigenvalue weighted by molar-refractivity contribution is 8.76. The molecule has 123 heavy (non-hydrogen) atoms. The fourth-order valence-electron chi connectivity index (χ4n) is 14.1. The van der Waals surface area contributed by atoms with E-state index in [4.69, 9.17) is 54.0 Å². The number of carbonyl (C=O) groups excluding carboxylic acids is 5. The maximum absolute atomic E-state index is 14.7. The molecule has 41 nitrogen and oxygen atoms in total. The molecule has 6 aromatic rings. The monoisotopic (exact) mass is 1840 g/mol. The Labute approximate surface area is 714 Å². The number of ketones is 2. The molecule has 664 valence electrons. The number of phosphoric acid groups is 3. The maximum atomic E-state index is 14.7. The zero-order chi connectivity index (χ0) is 88.5. The van der Waals surface area contributed by atoms with Crippen molar-refractivity contribution in [3.63, 3.8) is 0 Å². The lowest BCUT2D eigenvalue weighted by Crippen LogP contribution is -2.40. The number of nitrogens with two attached hydrogens (primary N) is 1. The van der Waals surface area contributed by atoms with Crippen LogP contribution in [0.25, 0.3) is 37.5 Å². The maximum Gasteiger partial charge on any atom is 0.490 e. The summed E-state index contributed by atoms with van der Waals surface area (Å²) in [5.74, 6) is 6.34. The number of azide groups is 2. The predicted octanol–water partition coefficient (Wildman–Crippen LogP) is 7.63. The van der Waals surface area contributed by atoms with Gasteiger partial charge in [0.15, 0.2) is 6.23 Å². The van der Waals surface area contributed by atoms with Gasteiger partial charge in [-0.3, -0.25) is 33.0 Å². The smallest absolute Gasteiger partial charge is 0.490 e. The molecule has 48 heteroatoms. The molecule has 4 aromatic carbocycles. The molecule has 3 amide bonds. The van der Waals surface area contributed by atoms with Gasteiger partial charge in [0.1, 0.15) is 79.8 Å². The number of hydrogen-bond donors (Lipinski definition) is 8. The lowest BCUT2D eigenvalue weighted by atomic mass is 9.86. The summed E-state index contributed by atoms with van der Waals surface area (Å²) in [6.07, 6.45) is 4.56. The number of anilines is 2. The van der Waals surface area contributed by atoms with Gasteiger partial charge in [0.05, 0.1) is 65.4 Å². The van der Waals surface area contributed by atoms with E-state index in [1.165, 1.54) is 29.1 Å². The summed E-state index contributed by atoms with van der Waals surface area (Å²) in [6, 6.07) is 23.2. The molecule has 4 aliphatic rings. The average Bonchev–Trinajstić information content (AvgIpc) is 1.50. The van der Waals surface area contributed by atoms with Gasteiger partial charge in [-0.2, -0.15) is 17.0 Å². The van der Waals surface area contributed by atoms with Gasteiger partial charge in [0.25, 0.3) is 21.9 Å². The number of nitrogen functional groups attached to an aromatic ring is 1. The van der Waals surface area contributed by atoms with E-state index in [0.717, 1.165) is 64.2 Å². The number of hydrogen-bond acceptors (Lipinski definition) is 29. The van der Waals surface area contributed by atoms with E-state index in [9.17, 15) is 78.9 Å². The number of nitrogens with one attached hydrogen (secondary N) is 2. The molecule has 0 radical (unpaired) electrons. The lowest BCUT2D eigenvalue weighted by molar-refractivity contribution is -0.126. The van der Waals surface area contributed by atoms with Crippen LogP contribution in [0.3, 0.4) is 0 Å². The first-order valence-electron chi connectivity index (χ1n) is 38.9. The van der Waals surface area contributed by atoms with Crippen molar-refractivity contribution in [2.24, 2.45) is 10.2 Å². The minimum atomic E-state index is -5.83. The molecular weight excluding hydrogens is 1750 g/mol. The van der Waals surface area contributed by atoms with Crippen LogP contribution in [0, 0.1) is 11.8 Å². The molecule has 0 aliphatic carbocycles. The first-order chi connectivity index (χ1) is 58.6. The van der Waals surface area contributed by atoms with Gasteiger partial charge in [-0.1, -0.05) is 67.9 Å². The number of rotatable bonds is 49. The van der Waals surface area contributed by atoms with E-state index < -0.39 is 106 Å². The van der Waals surface area contributed by atoms with Crippen LogP contribution in [0.5, 0.6) is 17.2 Å². The highest BCUT2D eigenvalue weighted by Crippen LogP contribution is 2.66. The van der Waals surface area contributed by atoms with E-state index in [0.29, 0.717) is 110 Å². The van der Waals surface area contributed by atoms with Crippen LogP contribution in [0.1, 0.15) is 132 Å². The van der Waals surface area contributed by atoms with Crippen molar-refractivity contribution < 1.29 is 125 Å². The molecular formula is C75H93N14O27P3S4. The van der Waals surface area contributed by atoms with Gasteiger partial charge < -0.3 is 83.3 Å². The number of aryl methyl sites for hydroxylation is 2. The second-order valence-electron chi connectivity index (χ2n) is 28.5. The van der Waals surface area contributed by atoms with Gasteiger partial charge in [-0.25, -0.2) is 31.7 Å². The number of Topliss-reactive ketones (excluding diaryl/α,β-unsaturated/α-hetero) is 2. The van der Waals surface area contributed by atoms with Gasteiger partial charge >= 0.3 is 23.5 Å². The first kappa shape index (κ1) is 96.4. The third-order valence-electron chi connectivity index (χ3n) is 19.6. The Balaban J connectivity index is 0.598.